The normalized spacial score (nSPS) is 11.3. The molecule has 0 radical (unpaired) electrons. The molecule has 0 aliphatic rings. The number of nitrogens with zero attached hydrogens (tertiary/aromatic N) is 1. The molecule has 0 fully saturated rings. The topological polar surface area (TPSA) is 20.3 Å². The maximum Gasteiger partial charge on any atom is 0.258 e. The van der Waals surface area contributed by atoms with Crippen LogP contribution in [0.2, 0.25) is 0 Å². The van der Waals surface area contributed by atoms with Crippen molar-refractivity contribution in [3.8, 4) is 0 Å². The first-order chi connectivity index (χ1) is 9.80. The van der Waals surface area contributed by atoms with E-state index in [9.17, 15) is 4.79 Å². The largest absolute Gasteiger partial charge is 0.311 e. The summed E-state index contributed by atoms with van der Waals surface area (Å²) in [5.74, 6) is 0.0183. The lowest BCUT2D eigenvalue weighted by Gasteiger charge is -2.21. The van der Waals surface area contributed by atoms with Crippen LogP contribution in [0, 0.1) is 6.92 Å². The average Bonchev–Trinajstić information content (AvgIpc) is 2.45. The monoisotopic (exact) mass is 281 g/mol. The molecule has 0 bridgehead atoms. The van der Waals surface area contributed by atoms with Crippen LogP contribution in [0.15, 0.2) is 48.5 Å². The molecule has 21 heavy (non-hydrogen) atoms. The predicted molar refractivity (Wildman–Crippen MR) is 89.1 cm³/mol. The van der Waals surface area contributed by atoms with E-state index in [1.807, 2.05) is 62.5 Å². The van der Waals surface area contributed by atoms with Crippen molar-refractivity contribution in [2.24, 2.45) is 0 Å². The quantitative estimate of drug-likeness (QED) is 0.789. The van der Waals surface area contributed by atoms with Gasteiger partial charge in [0.05, 0.1) is 0 Å². The Morgan fingerprint density at radius 3 is 2.05 bits per heavy atom. The molecule has 0 aromatic heterocycles. The van der Waals surface area contributed by atoms with Gasteiger partial charge in [-0.1, -0.05) is 51.1 Å². The molecule has 0 spiro atoms. The molecule has 1 amide bonds. The number of amides is 1. The third-order valence-corrected chi connectivity index (χ3v) is 3.78. The van der Waals surface area contributed by atoms with E-state index in [-0.39, 0.29) is 11.3 Å². The molecule has 0 saturated carbocycles. The highest BCUT2D eigenvalue weighted by Gasteiger charge is 2.17. The van der Waals surface area contributed by atoms with Gasteiger partial charge in [0.25, 0.3) is 5.91 Å². The van der Waals surface area contributed by atoms with Gasteiger partial charge in [-0.25, -0.2) is 0 Å². The standard InChI is InChI=1S/C19H23NO/c1-14-8-6-7-9-17(14)20(5)18(21)15-10-12-16(13-11-15)19(2,3)4/h6-13H,1-5H3. The van der Waals surface area contributed by atoms with Crippen molar-refractivity contribution in [2.45, 2.75) is 33.1 Å². The summed E-state index contributed by atoms with van der Waals surface area (Å²) in [4.78, 5) is 14.3. The Bertz CT molecular complexity index is 635. The van der Waals surface area contributed by atoms with Gasteiger partial charge in [-0.15, -0.1) is 0 Å². The van der Waals surface area contributed by atoms with Gasteiger partial charge in [0.2, 0.25) is 0 Å². The van der Waals surface area contributed by atoms with Crippen LogP contribution in [0.4, 0.5) is 5.69 Å². The van der Waals surface area contributed by atoms with Gasteiger partial charge in [0.1, 0.15) is 0 Å². The number of hydrogen-bond donors (Lipinski definition) is 0. The molecule has 0 unspecified atom stereocenters. The Balaban J connectivity index is 2.26. The minimum atomic E-state index is 0.0183. The van der Waals surface area contributed by atoms with E-state index in [4.69, 9.17) is 0 Å². The molecule has 0 heterocycles. The minimum Gasteiger partial charge on any atom is -0.311 e. The SMILES string of the molecule is Cc1ccccc1N(C)C(=O)c1ccc(C(C)(C)C)cc1. The van der Waals surface area contributed by atoms with Crippen molar-refractivity contribution in [1.82, 2.24) is 0 Å². The highest BCUT2D eigenvalue weighted by atomic mass is 16.2. The summed E-state index contributed by atoms with van der Waals surface area (Å²) >= 11 is 0. The maximum atomic E-state index is 12.6. The third-order valence-electron chi connectivity index (χ3n) is 3.78. The zero-order valence-corrected chi connectivity index (χ0v) is 13.5. The van der Waals surface area contributed by atoms with Crippen LogP contribution in [-0.2, 0) is 5.41 Å². The van der Waals surface area contributed by atoms with Crippen LogP contribution in [0.5, 0.6) is 0 Å². The van der Waals surface area contributed by atoms with Gasteiger partial charge in [-0.05, 0) is 41.7 Å². The summed E-state index contributed by atoms with van der Waals surface area (Å²) in [5, 5.41) is 0. The van der Waals surface area contributed by atoms with Crippen LogP contribution >= 0.6 is 0 Å². The predicted octanol–water partition coefficient (Wildman–Crippen LogP) is 4.57. The number of carbonyl (C=O) groups is 1. The van der Waals surface area contributed by atoms with Crippen LogP contribution in [0.1, 0.15) is 42.3 Å². The van der Waals surface area contributed by atoms with Gasteiger partial charge >= 0.3 is 0 Å². The number of rotatable bonds is 2. The maximum absolute atomic E-state index is 12.6. The molecular weight excluding hydrogens is 258 g/mol. The molecule has 2 heteroatoms. The van der Waals surface area contributed by atoms with E-state index < -0.39 is 0 Å². The van der Waals surface area contributed by atoms with E-state index >= 15 is 0 Å². The zero-order valence-electron chi connectivity index (χ0n) is 13.5. The fraction of sp³-hybridized carbons (Fsp3) is 0.316. The highest BCUT2D eigenvalue weighted by molar-refractivity contribution is 6.06. The first-order valence-electron chi connectivity index (χ1n) is 7.25. The Hall–Kier alpha value is -2.09. The van der Waals surface area contributed by atoms with Crippen molar-refractivity contribution < 1.29 is 4.79 Å². The summed E-state index contributed by atoms with van der Waals surface area (Å²) in [6, 6.07) is 15.8. The number of hydrogen-bond acceptors (Lipinski definition) is 1. The Labute approximate surface area is 127 Å². The fourth-order valence-corrected chi connectivity index (χ4v) is 2.36. The van der Waals surface area contributed by atoms with E-state index in [0.717, 1.165) is 11.3 Å². The van der Waals surface area contributed by atoms with Crippen molar-refractivity contribution in [1.29, 1.82) is 0 Å². The second-order valence-corrected chi connectivity index (χ2v) is 6.48. The van der Waals surface area contributed by atoms with Gasteiger partial charge in [0, 0.05) is 18.3 Å². The molecule has 0 saturated heterocycles. The zero-order chi connectivity index (χ0) is 15.6. The van der Waals surface area contributed by atoms with Crippen molar-refractivity contribution in [3.63, 3.8) is 0 Å². The van der Waals surface area contributed by atoms with Crippen LogP contribution in [0.25, 0.3) is 0 Å². The molecule has 0 atom stereocenters. The number of anilines is 1. The number of para-hydroxylation sites is 1. The molecule has 0 aliphatic heterocycles. The molecule has 0 aliphatic carbocycles. The molecule has 0 N–H and O–H groups in total. The molecule has 110 valence electrons. The number of aryl methyl sites for hydroxylation is 1. The highest BCUT2D eigenvalue weighted by Crippen LogP contribution is 2.24. The van der Waals surface area contributed by atoms with E-state index in [1.165, 1.54) is 5.56 Å². The Morgan fingerprint density at radius 2 is 1.52 bits per heavy atom. The lowest BCUT2D eigenvalue weighted by molar-refractivity contribution is 0.0993. The smallest absolute Gasteiger partial charge is 0.258 e. The van der Waals surface area contributed by atoms with Crippen LogP contribution in [-0.4, -0.2) is 13.0 Å². The summed E-state index contributed by atoms with van der Waals surface area (Å²) in [7, 11) is 1.82. The molecular formula is C19H23NO. The summed E-state index contributed by atoms with van der Waals surface area (Å²) in [5.41, 5.74) is 4.09. The van der Waals surface area contributed by atoms with Gasteiger partial charge in [-0.3, -0.25) is 4.79 Å². The molecule has 2 nitrogen and oxygen atoms in total. The van der Waals surface area contributed by atoms with Crippen LogP contribution in [0.3, 0.4) is 0 Å². The first kappa shape index (κ1) is 15.3. The number of benzene rings is 2. The summed E-state index contributed by atoms with van der Waals surface area (Å²) < 4.78 is 0. The van der Waals surface area contributed by atoms with E-state index in [2.05, 4.69) is 20.8 Å². The van der Waals surface area contributed by atoms with Gasteiger partial charge in [0.15, 0.2) is 0 Å². The summed E-state index contributed by atoms with van der Waals surface area (Å²) in [6.07, 6.45) is 0. The second kappa shape index (κ2) is 5.72. The lowest BCUT2D eigenvalue weighted by Crippen LogP contribution is -2.27. The molecule has 2 aromatic rings. The molecule has 2 rings (SSSR count). The van der Waals surface area contributed by atoms with Crippen molar-refractivity contribution in [3.05, 3.63) is 65.2 Å². The first-order valence-corrected chi connectivity index (χ1v) is 7.25. The number of carbonyl (C=O) groups excluding carboxylic acids is 1. The molecule has 2 aromatic carbocycles. The lowest BCUT2D eigenvalue weighted by atomic mass is 9.86. The van der Waals surface area contributed by atoms with Crippen LogP contribution < -0.4 is 4.90 Å². The Kier molecular flexibility index (Phi) is 4.17. The van der Waals surface area contributed by atoms with E-state index in [0.29, 0.717) is 5.56 Å². The van der Waals surface area contributed by atoms with Crippen molar-refractivity contribution >= 4 is 11.6 Å². The average molecular weight is 281 g/mol. The minimum absolute atomic E-state index is 0.0183. The van der Waals surface area contributed by atoms with Gasteiger partial charge < -0.3 is 4.90 Å². The fourth-order valence-electron chi connectivity index (χ4n) is 2.36. The van der Waals surface area contributed by atoms with E-state index in [1.54, 1.807) is 4.90 Å². The van der Waals surface area contributed by atoms with Gasteiger partial charge in [-0.2, -0.15) is 0 Å². The third kappa shape index (κ3) is 3.33. The Morgan fingerprint density at radius 1 is 0.952 bits per heavy atom. The summed E-state index contributed by atoms with van der Waals surface area (Å²) in [6.45, 7) is 8.53. The van der Waals surface area contributed by atoms with Crippen molar-refractivity contribution in [2.75, 3.05) is 11.9 Å². The second-order valence-electron chi connectivity index (χ2n) is 6.48.